The molecule has 0 spiro atoms. The molecule has 23 heavy (non-hydrogen) atoms. The van der Waals surface area contributed by atoms with Crippen LogP contribution in [0.1, 0.15) is 24.8 Å². The van der Waals surface area contributed by atoms with Crippen LogP contribution in [0.5, 0.6) is 0 Å². The third-order valence-corrected chi connectivity index (χ3v) is 4.28. The van der Waals surface area contributed by atoms with E-state index in [1.54, 1.807) is 0 Å². The van der Waals surface area contributed by atoms with Gasteiger partial charge in [-0.3, -0.25) is 9.59 Å². The average molecular weight is 440 g/mol. The maximum absolute atomic E-state index is 12.4. The molecule has 0 bridgehead atoms. The van der Waals surface area contributed by atoms with Gasteiger partial charge in [0.15, 0.2) is 0 Å². The second-order valence-electron chi connectivity index (χ2n) is 5.41. The van der Waals surface area contributed by atoms with Crippen LogP contribution >= 0.6 is 22.6 Å². The Morgan fingerprint density at radius 3 is 2.74 bits per heavy atom. The maximum Gasteiger partial charge on any atom is 0.471 e. The molecule has 0 aliphatic carbocycles. The molecule has 1 atom stereocenters. The zero-order valence-electron chi connectivity index (χ0n) is 12.2. The molecule has 0 aromatic heterocycles. The predicted molar refractivity (Wildman–Crippen MR) is 86.4 cm³/mol. The fourth-order valence-corrected chi connectivity index (χ4v) is 3.10. The Bertz CT molecular complexity index is 592. The Hall–Kier alpha value is -1.32. The van der Waals surface area contributed by atoms with Gasteiger partial charge in [0.05, 0.1) is 0 Å². The highest BCUT2D eigenvalue weighted by Crippen LogP contribution is 2.19. The molecule has 1 fully saturated rings. The molecule has 1 N–H and O–H groups in total. The van der Waals surface area contributed by atoms with Crippen LogP contribution in [0.15, 0.2) is 24.3 Å². The lowest BCUT2D eigenvalue weighted by Crippen LogP contribution is -2.50. The summed E-state index contributed by atoms with van der Waals surface area (Å²) in [5.74, 6) is -2.52. The van der Waals surface area contributed by atoms with Gasteiger partial charge in [0, 0.05) is 16.7 Å². The minimum atomic E-state index is -4.98. The van der Waals surface area contributed by atoms with Crippen molar-refractivity contribution in [2.24, 2.45) is 0 Å². The fourth-order valence-electron chi connectivity index (χ4n) is 2.49. The number of hydrogen-bond acceptors (Lipinski definition) is 2. The first kappa shape index (κ1) is 18.0. The van der Waals surface area contributed by atoms with E-state index in [1.807, 2.05) is 29.6 Å². The lowest BCUT2D eigenvalue weighted by Gasteiger charge is -2.25. The summed E-state index contributed by atoms with van der Waals surface area (Å²) in [6.07, 6.45) is -3.46. The van der Waals surface area contributed by atoms with Crippen LogP contribution in [0.3, 0.4) is 0 Å². The Labute approximate surface area is 145 Å². The first-order valence-corrected chi connectivity index (χ1v) is 8.26. The number of carbonyl (C=O) groups excluding carboxylic acids is 2. The normalized spacial score (nSPS) is 19.4. The number of carbonyl (C=O) groups is 2. The third kappa shape index (κ3) is 5.08. The molecule has 1 aliphatic rings. The highest BCUT2D eigenvalue weighted by Gasteiger charge is 2.41. The van der Waals surface area contributed by atoms with Gasteiger partial charge in [-0.25, -0.2) is 0 Å². The topological polar surface area (TPSA) is 49.4 Å². The molecule has 0 saturated carbocycles. The second kappa shape index (κ2) is 7.50. The van der Waals surface area contributed by atoms with Gasteiger partial charge in [-0.15, -0.1) is 0 Å². The highest BCUT2D eigenvalue weighted by molar-refractivity contribution is 14.1. The van der Waals surface area contributed by atoms with Crippen LogP contribution in [-0.4, -0.2) is 35.5 Å². The van der Waals surface area contributed by atoms with Gasteiger partial charge in [0.25, 0.3) is 0 Å². The summed E-state index contributed by atoms with van der Waals surface area (Å²) in [4.78, 5) is 25.0. The van der Waals surface area contributed by atoms with Crippen molar-refractivity contribution in [1.29, 1.82) is 0 Å². The zero-order valence-corrected chi connectivity index (χ0v) is 14.4. The maximum atomic E-state index is 12.4. The molecule has 1 aromatic carbocycles. The molecular formula is C15H16F3IN2O2. The second-order valence-corrected chi connectivity index (χ2v) is 6.65. The molecule has 1 unspecified atom stereocenters. The van der Waals surface area contributed by atoms with Gasteiger partial charge in [-0.2, -0.15) is 13.2 Å². The van der Waals surface area contributed by atoms with E-state index in [9.17, 15) is 22.8 Å². The van der Waals surface area contributed by atoms with Crippen molar-refractivity contribution in [2.75, 3.05) is 6.54 Å². The molecule has 126 valence electrons. The number of nitrogens with zero attached hydrogens (tertiary/aromatic N) is 1. The lowest BCUT2D eigenvalue weighted by atomic mass is 10.1. The van der Waals surface area contributed by atoms with Crippen LogP contribution in [-0.2, 0) is 16.1 Å². The molecule has 0 radical (unpaired) electrons. The minimum absolute atomic E-state index is 0.226. The number of nitrogens with one attached hydrogen (secondary N) is 1. The minimum Gasteiger partial charge on any atom is -0.337 e. The summed E-state index contributed by atoms with van der Waals surface area (Å²) in [5, 5.41) is 1.82. The summed E-state index contributed by atoms with van der Waals surface area (Å²) >= 11 is 2.16. The number of hydrogen-bond donors (Lipinski definition) is 1. The van der Waals surface area contributed by atoms with Gasteiger partial charge in [0.2, 0.25) is 5.91 Å². The van der Waals surface area contributed by atoms with Crippen molar-refractivity contribution < 1.29 is 22.8 Å². The van der Waals surface area contributed by atoms with E-state index in [0.29, 0.717) is 25.9 Å². The molecule has 1 heterocycles. The summed E-state index contributed by atoms with van der Waals surface area (Å²) in [6.45, 7) is 0.802. The number of rotatable bonds is 3. The van der Waals surface area contributed by atoms with E-state index >= 15 is 0 Å². The van der Waals surface area contributed by atoms with E-state index < -0.39 is 24.0 Å². The largest absolute Gasteiger partial charge is 0.471 e. The van der Waals surface area contributed by atoms with E-state index in [2.05, 4.69) is 22.6 Å². The van der Waals surface area contributed by atoms with Crippen LogP contribution < -0.4 is 5.32 Å². The van der Waals surface area contributed by atoms with Gasteiger partial charge < -0.3 is 10.2 Å². The predicted octanol–water partition coefficient (Wildman–Crippen LogP) is 2.85. The lowest BCUT2D eigenvalue weighted by molar-refractivity contribution is -0.175. The Balaban J connectivity index is 2.08. The van der Waals surface area contributed by atoms with Crippen molar-refractivity contribution in [3.05, 3.63) is 33.4 Å². The number of halogens is 4. The number of benzene rings is 1. The summed E-state index contributed by atoms with van der Waals surface area (Å²) in [7, 11) is 0. The fraction of sp³-hybridized carbons (Fsp3) is 0.467. The first-order chi connectivity index (χ1) is 10.8. The summed E-state index contributed by atoms with van der Waals surface area (Å²) < 4.78 is 38.2. The van der Waals surface area contributed by atoms with Crippen molar-refractivity contribution in [3.63, 3.8) is 0 Å². The molecule has 2 rings (SSSR count). The SMILES string of the molecule is O=C1C(NC(=O)C(F)(F)F)CCCCN1Cc1cccc(I)c1. The Kier molecular flexibility index (Phi) is 5.88. The van der Waals surface area contributed by atoms with Crippen LogP contribution in [0.2, 0.25) is 0 Å². The smallest absolute Gasteiger partial charge is 0.337 e. The van der Waals surface area contributed by atoms with E-state index in [4.69, 9.17) is 0 Å². The third-order valence-electron chi connectivity index (χ3n) is 3.61. The number of likely N-dealkylation sites (tertiary alicyclic amines) is 1. The first-order valence-electron chi connectivity index (χ1n) is 7.18. The summed E-state index contributed by atoms with van der Waals surface area (Å²) in [6, 6.07) is 6.45. The van der Waals surface area contributed by atoms with Crippen LogP contribution in [0, 0.1) is 3.57 Å². The Morgan fingerprint density at radius 1 is 1.35 bits per heavy atom. The highest BCUT2D eigenvalue weighted by atomic mass is 127. The molecule has 1 saturated heterocycles. The van der Waals surface area contributed by atoms with E-state index in [-0.39, 0.29) is 6.42 Å². The number of alkyl halides is 3. The van der Waals surface area contributed by atoms with E-state index in [0.717, 1.165) is 9.13 Å². The molecule has 8 heteroatoms. The van der Waals surface area contributed by atoms with Gasteiger partial charge >= 0.3 is 12.1 Å². The van der Waals surface area contributed by atoms with Crippen molar-refractivity contribution in [1.82, 2.24) is 10.2 Å². The molecule has 1 aliphatic heterocycles. The van der Waals surface area contributed by atoms with Gasteiger partial charge in [0.1, 0.15) is 6.04 Å². The van der Waals surface area contributed by atoms with Crippen molar-refractivity contribution in [2.45, 2.75) is 38.0 Å². The quantitative estimate of drug-likeness (QED) is 0.736. The van der Waals surface area contributed by atoms with Crippen LogP contribution in [0.25, 0.3) is 0 Å². The van der Waals surface area contributed by atoms with Gasteiger partial charge in [-0.1, -0.05) is 12.1 Å². The zero-order chi connectivity index (χ0) is 17.0. The van der Waals surface area contributed by atoms with E-state index in [1.165, 1.54) is 4.90 Å². The monoisotopic (exact) mass is 440 g/mol. The summed E-state index contributed by atoms with van der Waals surface area (Å²) in [5.41, 5.74) is 0.910. The van der Waals surface area contributed by atoms with Crippen molar-refractivity contribution in [3.8, 4) is 0 Å². The van der Waals surface area contributed by atoms with Crippen LogP contribution in [0.4, 0.5) is 13.2 Å². The molecule has 1 aromatic rings. The standard InChI is InChI=1S/C15H16F3IN2O2/c16-15(17,18)14(23)20-12-6-1-2-7-21(13(12)22)9-10-4-3-5-11(19)8-10/h3-5,8,12H,1-2,6-7,9H2,(H,20,23). The number of amides is 2. The van der Waals surface area contributed by atoms with Gasteiger partial charge in [-0.05, 0) is 59.5 Å². The molecular weight excluding hydrogens is 424 g/mol. The molecule has 4 nitrogen and oxygen atoms in total. The Morgan fingerprint density at radius 2 is 2.09 bits per heavy atom. The molecule has 2 amide bonds. The van der Waals surface area contributed by atoms with Crippen molar-refractivity contribution >= 4 is 34.4 Å². The average Bonchev–Trinajstić information content (AvgIpc) is 2.62.